The molecule has 0 aromatic heterocycles. The van der Waals surface area contributed by atoms with Gasteiger partial charge in [0, 0.05) is 42.1 Å². The van der Waals surface area contributed by atoms with Crippen molar-refractivity contribution in [2.45, 2.75) is 0 Å². The summed E-state index contributed by atoms with van der Waals surface area (Å²) in [5.41, 5.74) is 0. The van der Waals surface area contributed by atoms with E-state index in [0.29, 0.717) is 0 Å². The summed E-state index contributed by atoms with van der Waals surface area (Å²) in [5.74, 6) is 0. The van der Waals surface area contributed by atoms with Crippen molar-refractivity contribution in [3.05, 3.63) is 0 Å². The van der Waals surface area contributed by atoms with Gasteiger partial charge in [-0.3, -0.25) is 0 Å². The zero-order valence-corrected chi connectivity index (χ0v) is 10.1. The van der Waals surface area contributed by atoms with E-state index in [0.717, 1.165) is 0 Å². The molecule has 0 rings (SSSR count). The topological polar surface area (TPSA) is 142 Å². The first-order chi connectivity index (χ1) is 0. The van der Waals surface area contributed by atoms with Crippen LogP contribution >= 0.6 is 0 Å². The molecule has 0 amide bonds. The van der Waals surface area contributed by atoms with E-state index < -0.39 is 0 Å². The van der Waals surface area contributed by atoms with E-state index in [9.17, 15) is 0 Å². The number of rotatable bonds is 0. The molecule has 0 aliphatic carbocycles. The molecule has 5 nitrogen and oxygen atoms in total. The van der Waals surface area contributed by atoms with Crippen LogP contribution in [0.15, 0.2) is 0 Å². The van der Waals surface area contributed by atoms with Crippen LogP contribution in [-0.2, 0) is 89.0 Å². The van der Waals surface area contributed by atoms with Gasteiger partial charge in [0.1, 0.15) is 0 Å². The fraction of sp³-hybridized carbons (Fsp3) is 0. The van der Waals surface area contributed by atoms with Gasteiger partial charge in [-0.15, -0.1) is 0 Å². The summed E-state index contributed by atoms with van der Waals surface area (Å²) in [6.07, 6.45) is 0. The quantitative estimate of drug-likeness (QED) is 0.349. The average Bonchev–Trinajstić information content (AvgIpc) is 0. The van der Waals surface area contributed by atoms with Crippen molar-refractivity contribution in [3.8, 4) is 0 Å². The molecule has 8 heteroatoms. The van der Waals surface area contributed by atoms with Crippen LogP contribution in [0.1, 0.15) is 0 Å². The largest absolute Gasteiger partial charge is 4.00 e. The van der Waals surface area contributed by atoms with Crippen molar-refractivity contribution in [1.82, 2.24) is 0 Å². The Kier molecular flexibility index (Phi) is 4840. The van der Waals surface area contributed by atoms with E-state index in [-0.39, 0.29) is 89.0 Å². The molecule has 0 aliphatic heterocycles. The molecule has 0 bridgehead atoms. The second-order valence-electron chi connectivity index (χ2n) is 0. The molecule has 0 aliphatic rings. The maximum absolute atomic E-state index is 0. The monoisotopic (exact) mass is 561 g/mol. The van der Waals surface area contributed by atoms with E-state index in [1.165, 1.54) is 0 Å². The van der Waals surface area contributed by atoms with Crippen LogP contribution in [0.3, 0.4) is 0 Å². The Morgan fingerprint density at radius 3 is 0.500 bits per heavy atom. The van der Waals surface area contributed by atoms with E-state index in [1.54, 1.807) is 0 Å². The van der Waals surface area contributed by atoms with E-state index in [4.69, 9.17) is 0 Å². The summed E-state index contributed by atoms with van der Waals surface area (Å²) in [6.45, 7) is 0. The van der Waals surface area contributed by atoms with Crippen LogP contribution in [0.4, 0.5) is 0 Å². The van der Waals surface area contributed by atoms with Crippen LogP contribution in [0, 0.1) is 0 Å². The van der Waals surface area contributed by atoms with Crippen LogP contribution in [0.25, 0.3) is 0 Å². The summed E-state index contributed by atoms with van der Waals surface area (Å²) in [4.78, 5) is 0. The van der Waals surface area contributed by atoms with Crippen molar-refractivity contribution < 1.29 is 89.0 Å². The van der Waals surface area contributed by atoms with Gasteiger partial charge in [0.2, 0.25) is 0 Å². The van der Waals surface area contributed by atoms with Crippen LogP contribution < -0.4 is 0 Å². The first kappa shape index (κ1) is 234. The Hall–Kier alpha value is 1.80. The first-order valence-corrected chi connectivity index (χ1v) is 0. The summed E-state index contributed by atoms with van der Waals surface area (Å²) in [7, 11) is 0. The van der Waals surface area contributed by atoms with Gasteiger partial charge in [-0.2, -0.15) is 0 Å². The molecule has 0 atom stereocenters. The van der Waals surface area contributed by atoms with E-state index in [2.05, 4.69) is 0 Å². The third-order valence-electron chi connectivity index (χ3n) is 0. The van der Waals surface area contributed by atoms with Crippen molar-refractivity contribution in [1.29, 1.82) is 0 Å². The molecule has 0 fully saturated rings. The predicted octanol–water partition coefficient (Wildman–Crippen LogP) is -0.601. The Labute approximate surface area is 88.4 Å². The van der Waals surface area contributed by atoms with Gasteiger partial charge in [0.25, 0.3) is 0 Å². The van der Waals surface area contributed by atoms with Gasteiger partial charge < -0.3 is 27.4 Å². The molecule has 8 heavy (non-hydrogen) atoms. The van der Waals surface area contributed by atoms with Gasteiger partial charge in [-0.05, 0) is 0 Å². The second-order valence-corrected chi connectivity index (χ2v) is 0. The molecule has 0 heterocycles. The Bertz CT molecular complexity index is 12.4. The Morgan fingerprint density at radius 2 is 0.500 bits per heavy atom. The molecule has 0 unspecified atom stereocenters. The molecule has 60 valence electrons. The van der Waals surface area contributed by atoms with Crippen LogP contribution in [0.2, 0.25) is 0 Å². The van der Waals surface area contributed by atoms with Crippen molar-refractivity contribution >= 4 is 0 Å². The summed E-state index contributed by atoms with van der Waals surface area (Å²) in [6, 6.07) is 0. The normalized spacial score (nSPS) is 0. The number of hydrogen-bond acceptors (Lipinski definition) is 0. The average molecular weight is 560 g/mol. The molecule has 0 saturated heterocycles. The number of hydrogen-bond donors (Lipinski definition) is 0. The molecule has 0 N–H and O–H groups in total. The first-order valence-electron chi connectivity index (χ1n) is 0. The van der Waals surface area contributed by atoms with Gasteiger partial charge in [-0.25, -0.2) is 0 Å². The summed E-state index contributed by atoms with van der Waals surface area (Å²) < 4.78 is 0. The fourth-order valence-electron chi connectivity index (χ4n) is 0. The molecule has 0 aromatic carbocycles. The second kappa shape index (κ2) is 165. The van der Waals surface area contributed by atoms with Gasteiger partial charge in [-0.1, -0.05) is 0 Å². The van der Waals surface area contributed by atoms with Crippen LogP contribution in [0.5, 0.6) is 0 Å². The molecule has 0 radical (unpaired) electrons. The van der Waals surface area contributed by atoms with Crippen molar-refractivity contribution in [3.63, 3.8) is 0 Å². The standard InChI is InChI=1S/5O.Pt.Ru.W/q5*-2;;+4;. The minimum absolute atomic E-state index is 0. The maximum atomic E-state index is 0. The van der Waals surface area contributed by atoms with E-state index in [1.807, 2.05) is 0 Å². The molecule has 0 spiro atoms. The SMILES string of the molecule is [O-2].[O-2].[O-2].[O-2].[O-2].[Pt].[Ru+4].[W]. The zero-order valence-electron chi connectivity index (χ0n) is 3.12. The Morgan fingerprint density at radius 1 is 0.500 bits per heavy atom. The van der Waals surface area contributed by atoms with Gasteiger partial charge >= 0.3 is 19.5 Å². The van der Waals surface area contributed by atoms with E-state index >= 15 is 0 Å². The molecule has 0 aromatic rings. The Balaban J connectivity index is 0. The molecule has 0 saturated carbocycles. The predicted molar refractivity (Wildman–Crippen MR) is 3.43 cm³/mol. The molecular weight excluding hydrogens is 560 g/mol. The maximum Gasteiger partial charge on any atom is 4.00 e. The minimum Gasteiger partial charge on any atom is -2.00 e. The van der Waals surface area contributed by atoms with Gasteiger partial charge in [0.05, 0.1) is 0 Å². The third kappa shape index (κ3) is 111. The van der Waals surface area contributed by atoms with Crippen molar-refractivity contribution in [2.24, 2.45) is 0 Å². The van der Waals surface area contributed by atoms with Gasteiger partial charge in [0.15, 0.2) is 0 Å². The van der Waals surface area contributed by atoms with Crippen molar-refractivity contribution in [2.75, 3.05) is 0 Å². The fourth-order valence-corrected chi connectivity index (χ4v) is 0. The van der Waals surface area contributed by atoms with Crippen LogP contribution in [-0.4, -0.2) is 0 Å². The molecular formula is O5PtRuW-6. The zero-order chi connectivity index (χ0) is 0. The summed E-state index contributed by atoms with van der Waals surface area (Å²) >= 11 is 0. The third-order valence-corrected chi connectivity index (χ3v) is 0. The summed E-state index contributed by atoms with van der Waals surface area (Å²) in [5, 5.41) is 0. The minimum atomic E-state index is 0. The smallest absolute Gasteiger partial charge is 2.00 e.